The molecular weight excluding hydrogens is 269 g/mol. The van der Waals surface area contributed by atoms with Gasteiger partial charge in [0, 0.05) is 0 Å². The maximum atomic E-state index is 4.91. The number of rotatable bonds is 0. The summed E-state index contributed by atoms with van der Waals surface area (Å²) in [5.74, 6) is 0. The molecule has 0 saturated carbocycles. The van der Waals surface area contributed by atoms with Gasteiger partial charge in [-0.3, -0.25) is 0 Å². The summed E-state index contributed by atoms with van der Waals surface area (Å²) < 4.78 is 0. The first-order valence-electron chi connectivity index (χ1n) is 1.13. The van der Waals surface area contributed by atoms with Crippen molar-refractivity contribution in [1.82, 2.24) is 0 Å². The second kappa shape index (κ2) is 9.17. The molecule has 0 unspecified atom stereocenters. The maximum Gasteiger partial charge on any atom is 0.376 e. The number of hydrogen-bond acceptors (Lipinski definition) is 0. The Hall–Kier alpha value is 2.17. The van der Waals surface area contributed by atoms with Crippen molar-refractivity contribution in [2.75, 3.05) is 0 Å². The highest BCUT2D eigenvalue weighted by atomic mass is 35.8. The van der Waals surface area contributed by atoms with Crippen LogP contribution >= 0.6 is 66.5 Å². The zero-order chi connectivity index (χ0) is 7.15. The summed E-state index contributed by atoms with van der Waals surface area (Å²) in [4.78, 5) is 0. The first-order valence-corrected chi connectivity index (χ1v) is 10.2. The molecule has 8 heteroatoms. The van der Waals surface area contributed by atoms with Gasteiger partial charge in [-0.15, -0.1) is 66.5 Å². The Morgan fingerprint density at radius 3 is 0.500 bits per heavy atom. The van der Waals surface area contributed by atoms with Crippen LogP contribution in [0.25, 0.3) is 0 Å². The molecule has 0 aliphatic heterocycles. The van der Waals surface area contributed by atoms with Crippen molar-refractivity contribution in [2.24, 2.45) is 0 Å². The summed E-state index contributed by atoms with van der Waals surface area (Å²) in [6, 6.07) is 0. The van der Waals surface area contributed by atoms with E-state index in [1.807, 2.05) is 0 Å². The van der Waals surface area contributed by atoms with Crippen LogP contribution in [0.3, 0.4) is 0 Å². The minimum atomic E-state index is -1.46. The Balaban J connectivity index is 0. The molecule has 0 nitrogen and oxygen atoms in total. The highest BCUT2D eigenvalue weighted by Gasteiger charge is 1.88. The predicted molar refractivity (Wildman–Crippen MR) is 46.6 cm³/mol. The Kier molecular flexibility index (Phi) is 14.7. The molecule has 0 aromatic rings. The van der Waals surface area contributed by atoms with E-state index in [2.05, 4.69) is 0 Å². The molecule has 0 bridgehead atoms. The number of halogens is 6. The quantitative estimate of drug-likeness (QED) is 0.467. The van der Waals surface area contributed by atoms with E-state index in [0.29, 0.717) is 0 Å². The molecule has 0 aliphatic carbocycles. The fourth-order valence-corrected chi connectivity index (χ4v) is 0. The van der Waals surface area contributed by atoms with E-state index >= 15 is 0 Å². The van der Waals surface area contributed by atoms with Gasteiger partial charge in [0.05, 0.1) is 0 Å². The third-order valence-corrected chi connectivity index (χ3v) is 0. The topological polar surface area (TPSA) is 0 Å². The second-order valence-corrected chi connectivity index (χ2v) is 11.6. The monoisotopic (exact) mass is 266 g/mol. The van der Waals surface area contributed by atoms with Gasteiger partial charge in [-0.05, 0) is 0 Å². The fourth-order valence-electron chi connectivity index (χ4n) is 0. The molecule has 0 amide bonds. The Bertz CT molecular complexity index is 22.0. The average molecular weight is 269 g/mol. The Morgan fingerprint density at radius 1 is 0.500 bits per heavy atom. The minimum Gasteiger partial charge on any atom is -0.125 e. The van der Waals surface area contributed by atoms with Crippen LogP contribution in [0.1, 0.15) is 0 Å². The third-order valence-electron chi connectivity index (χ3n) is 0. The van der Waals surface area contributed by atoms with Crippen molar-refractivity contribution >= 4 is 79.9 Å². The van der Waals surface area contributed by atoms with Crippen molar-refractivity contribution in [3.63, 3.8) is 0 Å². The lowest BCUT2D eigenvalue weighted by Crippen LogP contribution is -1.66. The van der Waals surface area contributed by atoms with Crippen LogP contribution < -0.4 is 0 Å². The van der Waals surface area contributed by atoms with E-state index in [4.69, 9.17) is 66.5 Å². The lowest BCUT2D eigenvalue weighted by Gasteiger charge is -1.62. The second-order valence-electron chi connectivity index (χ2n) is 0.429. The van der Waals surface area contributed by atoms with Crippen molar-refractivity contribution in [3.8, 4) is 0 Å². The van der Waals surface area contributed by atoms with Crippen LogP contribution in [0.4, 0.5) is 0 Å². The van der Waals surface area contributed by atoms with Gasteiger partial charge in [-0.1, -0.05) is 0 Å². The maximum absolute atomic E-state index is 4.91. The lowest BCUT2D eigenvalue weighted by atomic mass is 27.7. The van der Waals surface area contributed by atoms with Gasteiger partial charge in [-0.25, -0.2) is 0 Å². The molecular formula is Cl6Si2. The van der Waals surface area contributed by atoms with Gasteiger partial charge in [0.2, 0.25) is 0 Å². The number of hydrogen-bond donors (Lipinski definition) is 0. The van der Waals surface area contributed by atoms with Crippen LogP contribution in [0.2, 0.25) is 0 Å². The standard InChI is InChI=1S/2Cl3Si/c2*1-4(2)3. The molecule has 2 radical (unpaired) electrons. The lowest BCUT2D eigenvalue weighted by molar-refractivity contribution is 4.07. The van der Waals surface area contributed by atoms with Crippen LogP contribution in [0, 0.1) is 0 Å². The molecule has 0 heterocycles. The summed E-state index contributed by atoms with van der Waals surface area (Å²) in [5.41, 5.74) is 0. The van der Waals surface area contributed by atoms with Crippen molar-refractivity contribution in [2.45, 2.75) is 0 Å². The van der Waals surface area contributed by atoms with Crippen LogP contribution in [0.15, 0.2) is 0 Å². The first-order chi connectivity index (χ1) is 3.46. The van der Waals surface area contributed by atoms with Crippen LogP contribution in [-0.2, 0) is 0 Å². The summed E-state index contributed by atoms with van der Waals surface area (Å²) in [5, 5.41) is 0. The molecule has 0 rings (SSSR count). The molecule has 0 N–H and O–H groups in total. The van der Waals surface area contributed by atoms with E-state index in [1.165, 1.54) is 0 Å². The third kappa shape index (κ3) is 89.0. The van der Waals surface area contributed by atoms with Crippen LogP contribution in [-0.4, -0.2) is 13.5 Å². The van der Waals surface area contributed by atoms with Gasteiger partial charge >= 0.3 is 13.5 Å². The van der Waals surface area contributed by atoms with E-state index in [-0.39, 0.29) is 0 Å². The van der Waals surface area contributed by atoms with Gasteiger partial charge in [-0.2, -0.15) is 0 Å². The summed E-state index contributed by atoms with van der Waals surface area (Å²) in [6.07, 6.45) is 0. The first kappa shape index (κ1) is 12.8. The highest BCUT2D eigenvalue weighted by Crippen LogP contribution is 1.97. The molecule has 0 spiro atoms. The summed E-state index contributed by atoms with van der Waals surface area (Å²) >= 11 is 29.4. The zero-order valence-electron chi connectivity index (χ0n) is 3.27. The molecule has 0 aromatic carbocycles. The van der Waals surface area contributed by atoms with Crippen molar-refractivity contribution in [3.05, 3.63) is 0 Å². The highest BCUT2D eigenvalue weighted by molar-refractivity contribution is 7.54. The molecule has 0 aliphatic rings. The molecule has 50 valence electrons. The molecule has 0 atom stereocenters. The minimum absolute atomic E-state index is 1.46. The van der Waals surface area contributed by atoms with E-state index in [1.54, 1.807) is 0 Å². The molecule has 8 heavy (non-hydrogen) atoms. The summed E-state index contributed by atoms with van der Waals surface area (Å²) in [7, 11) is 0. The summed E-state index contributed by atoms with van der Waals surface area (Å²) in [6.45, 7) is -2.93. The Morgan fingerprint density at radius 2 is 0.500 bits per heavy atom. The fraction of sp³-hybridized carbons (Fsp3) is 0. The SMILES string of the molecule is Cl[Si](Cl)Cl.Cl[Si](Cl)Cl. The van der Waals surface area contributed by atoms with E-state index < -0.39 is 13.5 Å². The van der Waals surface area contributed by atoms with Gasteiger partial charge < -0.3 is 0 Å². The molecule has 0 saturated heterocycles. The molecule has 0 aromatic heterocycles. The largest absolute Gasteiger partial charge is 0.376 e. The van der Waals surface area contributed by atoms with E-state index in [0.717, 1.165) is 0 Å². The van der Waals surface area contributed by atoms with Gasteiger partial charge in [0.1, 0.15) is 0 Å². The average Bonchev–Trinajstić information content (AvgIpc) is 1.25. The van der Waals surface area contributed by atoms with E-state index in [9.17, 15) is 0 Å². The van der Waals surface area contributed by atoms with Crippen molar-refractivity contribution in [1.29, 1.82) is 0 Å². The Labute approximate surface area is 79.4 Å². The normalized spacial score (nSPS) is 9.00. The van der Waals surface area contributed by atoms with Crippen molar-refractivity contribution < 1.29 is 0 Å². The smallest absolute Gasteiger partial charge is 0.125 e. The predicted octanol–water partition coefficient (Wildman–Crippen LogP) is 3.38. The molecule has 0 fully saturated rings. The van der Waals surface area contributed by atoms with Crippen LogP contribution in [0.5, 0.6) is 0 Å². The van der Waals surface area contributed by atoms with Gasteiger partial charge in [0.25, 0.3) is 0 Å². The zero-order valence-corrected chi connectivity index (χ0v) is 9.80. The van der Waals surface area contributed by atoms with Gasteiger partial charge in [0.15, 0.2) is 0 Å².